The normalized spacial score (nSPS) is 10.1. The lowest BCUT2D eigenvalue weighted by Crippen LogP contribution is -2.09. The van der Waals surface area contributed by atoms with Crippen LogP contribution in [0.1, 0.15) is 19.8 Å². The molecule has 0 aliphatic heterocycles. The fourth-order valence-corrected chi connectivity index (χ4v) is 0.984. The van der Waals surface area contributed by atoms with Crippen LogP contribution in [-0.2, 0) is 4.79 Å². The quantitative estimate of drug-likeness (QED) is 0.443. The summed E-state index contributed by atoms with van der Waals surface area (Å²) in [5.74, 6) is -5.17. The number of carbonyl (C=O) groups is 1. The van der Waals surface area contributed by atoms with Gasteiger partial charge in [-0.1, -0.05) is 6.92 Å². The highest BCUT2D eigenvalue weighted by Gasteiger charge is 2.14. The van der Waals surface area contributed by atoms with E-state index >= 15 is 0 Å². The van der Waals surface area contributed by atoms with E-state index in [1.807, 2.05) is 0 Å². The smallest absolute Gasteiger partial charge is 0.311 e. The molecule has 0 aliphatic rings. The number of esters is 1. The molecular weight excluding hydrogens is 209 g/mol. The third-order valence-electron chi connectivity index (χ3n) is 1.64. The van der Waals surface area contributed by atoms with E-state index < -0.39 is 29.2 Å². The van der Waals surface area contributed by atoms with Crippen molar-refractivity contribution in [3.8, 4) is 5.75 Å². The first-order valence-electron chi connectivity index (χ1n) is 4.39. The fourth-order valence-electron chi connectivity index (χ4n) is 0.984. The van der Waals surface area contributed by atoms with Crippen molar-refractivity contribution in [2.24, 2.45) is 0 Å². The molecule has 0 amide bonds. The topological polar surface area (TPSA) is 26.3 Å². The average Bonchev–Trinajstić information content (AvgIpc) is 2.13. The molecule has 0 bridgehead atoms. The van der Waals surface area contributed by atoms with Crippen molar-refractivity contribution < 1.29 is 22.7 Å². The Kier molecular flexibility index (Phi) is 3.71. The van der Waals surface area contributed by atoms with Gasteiger partial charge in [-0.2, -0.15) is 4.39 Å². The zero-order chi connectivity index (χ0) is 11.4. The zero-order valence-electron chi connectivity index (χ0n) is 8.02. The van der Waals surface area contributed by atoms with Crippen molar-refractivity contribution in [2.75, 3.05) is 0 Å². The van der Waals surface area contributed by atoms with Crippen LogP contribution in [0.25, 0.3) is 0 Å². The third-order valence-corrected chi connectivity index (χ3v) is 1.64. The van der Waals surface area contributed by atoms with Crippen molar-refractivity contribution in [3.63, 3.8) is 0 Å². The maximum atomic E-state index is 13.0. The summed E-state index contributed by atoms with van der Waals surface area (Å²) in [6.45, 7) is 1.73. The highest BCUT2D eigenvalue weighted by Crippen LogP contribution is 2.21. The summed E-state index contributed by atoms with van der Waals surface area (Å²) >= 11 is 0. The lowest BCUT2D eigenvalue weighted by molar-refractivity contribution is -0.134. The van der Waals surface area contributed by atoms with Gasteiger partial charge in [0.2, 0.25) is 5.82 Å². The monoisotopic (exact) mass is 218 g/mol. The second kappa shape index (κ2) is 4.82. The van der Waals surface area contributed by atoms with Crippen molar-refractivity contribution >= 4 is 5.97 Å². The molecule has 1 aromatic rings. The van der Waals surface area contributed by atoms with Crippen LogP contribution in [0.3, 0.4) is 0 Å². The molecule has 0 spiro atoms. The molecule has 0 aliphatic carbocycles. The maximum absolute atomic E-state index is 13.0. The molecule has 82 valence electrons. The number of hydrogen-bond donors (Lipinski definition) is 0. The van der Waals surface area contributed by atoms with Crippen LogP contribution in [0, 0.1) is 17.5 Å². The molecule has 0 saturated carbocycles. The Bertz CT molecular complexity index is 377. The molecule has 0 unspecified atom stereocenters. The van der Waals surface area contributed by atoms with E-state index in [4.69, 9.17) is 0 Å². The number of carbonyl (C=O) groups excluding carboxylic acids is 1. The molecule has 1 aromatic carbocycles. The van der Waals surface area contributed by atoms with Crippen molar-refractivity contribution in [1.29, 1.82) is 0 Å². The number of hydrogen-bond acceptors (Lipinski definition) is 2. The van der Waals surface area contributed by atoms with Crippen molar-refractivity contribution in [2.45, 2.75) is 19.8 Å². The third kappa shape index (κ3) is 2.97. The van der Waals surface area contributed by atoms with E-state index in [9.17, 15) is 18.0 Å². The van der Waals surface area contributed by atoms with E-state index in [1.54, 1.807) is 6.92 Å². The van der Waals surface area contributed by atoms with Gasteiger partial charge in [-0.3, -0.25) is 4.79 Å². The van der Waals surface area contributed by atoms with Crippen LogP contribution in [0.4, 0.5) is 13.2 Å². The van der Waals surface area contributed by atoms with Gasteiger partial charge >= 0.3 is 5.97 Å². The van der Waals surface area contributed by atoms with E-state index in [2.05, 4.69) is 4.74 Å². The van der Waals surface area contributed by atoms with Gasteiger partial charge in [0.15, 0.2) is 11.6 Å². The molecule has 2 nitrogen and oxygen atoms in total. The molecular formula is C10H9F3O2. The number of halogens is 3. The van der Waals surface area contributed by atoms with Crippen LogP contribution < -0.4 is 4.74 Å². The van der Waals surface area contributed by atoms with Crippen LogP contribution >= 0.6 is 0 Å². The summed E-state index contributed by atoms with van der Waals surface area (Å²) in [6, 6.07) is 1.01. The van der Waals surface area contributed by atoms with Gasteiger partial charge in [0.1, 0.15) is 5.82 Å². The number of benzene rings is 1. The fraction of sp³-hybridized carbons (Fsp3) is 0.300. The molecule has 0 heterocycles. The summed E-state index contributed by atoms with van der Waals surface area (Å²) in [5, 5.41) is 0. The first-order chi connectivity index (χ1) is 7.04. The predicted molar refractivity (Wildman–Crippen MR) is 46.9 cm³/mol. The average molecular weight is 218 g/mol. The Morgan fingerprint density at radius 3 is 2.60 bits per heavy atom. The van der Waals surface area contributed by atoms with Crippen molar-refractivity contribution in [1.82, 2.24) is 0 Å². The summed E-state index contributed by atoms with van der Waals surface area (Å²) in [4.78, 5) is 11.0. The molecule has 5 heteroatoms. The molecule has 15 heavy (non-hydrogen) atoms. The minimum Gasteiger partial charge on any atom is -0.423 e. The maximum Gasteiger partial charge on any atom is 0.311 e. The Balaban J connectivity index is 2.89. The van der Waals surface area contributed by atoms with Crippen LogP contribution in [-0.4, -0.2) is 5.97 Å². The second-order valence-electron chi connectivity index (χ2n) is 2.92. The Hall–Kier alpha value is -1.52. The largest absolute Gasteiger partial charge is 0.423 e. The second-order valence-corrected chi connectivity index (χ2v) is 2.92. The van der Waals surface area contributed by atoms with Gasteiger partial charge in [-0.25, -0.2) is 8.78 Å². The Labute approximate surface area is 84.7 Å². The van der Waals surface area contributed by atoms with Gasteiger partial charge in [-0.15, -0.1) is 0 Å². The van der Waals surface area contributed by atoms with Gasteiger partial charge in [0, 0.05) is 18.6 Å². The van der Waals surface area contributed by atoms with Gasteiger partial charge in [0.05, 0.1) is 0 Å². The number of ether oxygens (including phenoxy) is 1. The van der Waals surface area contributed by atoms with Gasteiger partial charge in [0.25, 0.3) is 0 Å². The molecule has 0 N–H and O–H groups in total. The summed E-state index contributed by atoms with van der Waals surface area (Å²) in [5.41, 5.74) is 0. The molecule has 0 atom stereocenters. The summed E-state index contributed by atoms with van der Waals surface area (Å²) in [7, 11) is 0. The molecule has 1 rings (SSSR count). The molecule has 0 aromatic heterocycles. The zero-order valence-corrected chi connectivity index (χ0v) is 8.02. The highest BCUT2D eigenvalue weighted by molar-refractivity contribution is 5.72. The molecule has 0 fully saturated rings. The minimum atomic E-state index is -1.38. The van der Waals surface area contributed by atoms with E-state index in [0.29, 0.717) is 18.6 Å². The van der Waals surface area contributed by atoms with E-state index in [1.165, 1.54) is 0 Å². The van der Waals surface area contributed by atoms with Crippen molar-refractivity contribution in [3.05, 3.63) is 29.6 Å². The lowest BCUT2D eigenvalue weighted by Gasteiger charge is -2.05. The van der Waals surface area contributed by atoms with Crippen LogP contribution in [0.5, 0.6) is 5.75 Å². The minimum absolute atomic E-state index is 0.0670. The molecule has 0 radical (unpaired) electrons. The van der Waals surface area contributed by atoms with Gasteiger partial charge < -0.3 is 4.74 Å². The number of rotatable bonds is 3. The van der Waals surface area contributed by atoms with E-state index in [-0.39, 0.29) is 6.42 Å². The first-order valence-corrected chi connectivity index (χ1v) is 4.39. The Morgan fingerprint density at radius 1 is 1.33 bits per heavy atom. The standard InChI is InChI=1S/C10H9F3O2/c1-2-3-9(14)15-8-5-6(11)4-7(12)10(8)13/h4-5H,2-3H2,1H3. The predicted octanol–water partition coefficient (Wildman–Crippen LogP) is 2.81. The highest BCUT2D eigenvalue weighted by atomic mass is 19.2. The van der Waals surface area contributed by atoms with Gasteiger partial charge in [-0.05, 0) is 6.42 Å². The SMILES string of the molecule is CCCC(=O)Oc1cc(F)cc(F)c1F. The molecule has 0 saturated heterocycles. The summed E-state index contributed by atoms with van der Waals surface area (Å²) < 4.78 is 42.7. The Morgan fingerprint density at radius 2 is 2.00 bits per heavy atom. The first kappa shape index (κ1) is 11.6. The van der Waals surface area contributed by atoms with E-state index in [0.717, 1.165) is 0 Å². The summed E-state index contributed by atoms with van der Waals surface area (Å²) in [6.07, 6.45) is 0.579. The van der Waals surface area contributed by atoms with Crippen LogP contribution in [0.15, 0.2) is 12.1 Å². The van der Waals surface area contributed by atoms with Crippen LogP contribution in [0.2, 0.25) is 0 Å². The lowest BCUT2D eigenvalue weighted by atomic mass is 10.3.